The van der Waals surface area contributed by atoms with Gasteiger partial charge in [-0.1, -0.05) is 67.0 Å². The smallest absolute Gasteiger partial charge is 0.0104 e. The van der Waals surface area contributed by atoms with E-state index in [1.165, 1.54) is 36.0 Å². The van der Waals surface area contributed by atoms with Crippen molar-refractivity contribution in [2.75, 3.05) is 0 Å². The predicted octanol–water partition coefficient (Wildman–Crippen LogP) is 6.54. The zero-order valence-electron chi connectivity index (χ0n) is 14.1. The molecule has 0 saturated carbocycles. The van der Waals surface area contributed by atoms with Crippen molar-refractivity contribution < 1.29 is 0 Å². The van der Waals surface area contributed by atoms with E-state index >= 15 is 0 Å². The molecule has 0 saturated heterocycles. The normalized spacial score (nSPS) is 20.0. The van der Waals surface area contributed by atoms with Crippen molar-refractivity contribution in [3.63, 3.8) is 0 Å². The Morgan fingerprint density at radius 1 is 1.05 bits per heavy atom. The fraction of sp³-hybridized carbons (Fsp3) is 0.500. The van der Waals surface area contributed by atoms with E-state index in [1.807, 2.05) is 0 Å². The van der Waals surface area contributed by atoms with Gasteiger partial charge in [0.25, 0.3) is 0 Å². The molecule has 1 aliphatic rings. The van der Waals surface area contributed by atoms with E-state index in [0.717, 1.165) is 0 Å². The van der Waals surface area contributed by atoms with Crippen molar-refractivity contribution in [2.24, 2.45) is 5.41 Å². The zero-order chi connectivity index (χ0) is 15.2. The van der Waals surface area contributed by atoms with Crippen molar-refractivity contribution in [3.05, 3.63) is 58.7 Å². The summed E-state index contributed by atoms with van der Waals surface area (Å²) in [5.74, 6) is 0. The summed E-state index contributed by atoms with van der Waals surface area (Å²) in [5.41, 5.74) is 6.05. The minimum absolute atomic E-state index is 0.330. The fourth-order valence-corrected chi connectivity index (χ4v) is 2.74. The van der Waals surface area contributed by atoms with Gasteiger partial charge in [0.05, 0.1) is 0 Å². The molecule has 0 heterocycles. The molecule has 0 N–H and O–H groups in total. The van der Waals surface area contributed by atoms with E-state index in [2.05, 4.69) is 78.0 Å². The second-order valence-corrected chi connectivity index (χ2v) is 6.80. The van der Waals surface area contributed by atoms with Crippen LogP contribution in [0.25, 0.3) is 0 Å². The highest BCUT2D eigenvalue weighted by Gasteiger charge is 2.26. The Bertz CT molecular complexity index is 472. The Labute approximate surface area is 125 Å². The SMILES string of the molecule is CC(C)=CC=CC=C(C)C=CC1=C(C)CCCC1(C)C. The summed E-state index contributed by atoms with van der Waals surface area (Å²) in [5, 5.41) is 0. The number of hydrogen-bond acceptors (Lipinski definition) is 0. The molecule has 0 heteroatoms. The molecule has 1 aliphatic carbocycles. The van der Waals surface area contributed by atoms with Crippen LogP contribution in [0.1, 0.15) is 60.8 Å². The molecule has 0 bridgehead atoms. The number of allylic oxidation sites excluding steroid dienone is 10. The Morgan fingerprint density at radius 3 is 2.30 bits per heavy atom. The van der Waals surface area contributed by atoms with Gasteiger partial charge < -0.3 is 0 Å². The summed E-state index contributed by atoms with van der Waals surface area (Å²) in [6.07, 6.45) is 17.0. The van der Waals surface area contributed by atoms with E-state index in [0.29, 0.717) is 5.41 Å². The highest BCUT2D eigenvalue weighted by atomic mass is 14.3. The first-order valence-corrected chi connectivity index (χ1v) is 7.70. The van der Waals surface area contributed by atoms with Gasteiger partial charge in [0.2, 0.25) is 0 Å². The molecule has 0 aliphatic heterocycles. The molecule has 0 fully saturated rings. The molecule has 1 rings (SSSR count). The summed E-state index contributed by atoms with van der Waals surface area (Å²) in [4.78, 5) is 0. The van der Waals surface area contributed by atoms with Gasteiger partial charge in [0.1, 0.15) is 0 Å². The Hall–Kier alpha value is -1.30. The van der Waals surface area contributed by atoms with Gasteiger partial charge >= 0.3 is 0 Å². The standard InChI is InChI=1S/C20H30/c1-16(2)10-7-8-11-17(3)13-14-19-18(4)12-9-15-20(19,5)6/h7-8,10-11,13-14H,9,12,15H2,1-6H3. The van der Waals surface area contributed by atoms with Crippen molar-refractivity contribution in [2.45, 2.75) is 60.8 Å². The van der Waals surface area contributed by atoms with Crippen molar-refractivity contribution in [1.29, 1.82) is 0 Å². The molecular formula is C20H30. The molecule has 0 amide bonds. The molecular weight excluding hydrogens is 240 g/mol. The second-order valence-electron chi connectivity index (χ2n) is 6.80. The van der Waals surface area contributed by atoms with Crippen molar-refractivity contribution in [1.82, 2.24) is 0 Å². The zero-order valence-corrected chi connectivity index (χ0v) is 14.1. The first kappa shape index (κ1) is 16.8. The Morgan fingerprint density at radius 2 is 1.70 bits per heavy atom. The molecule has 0 unspecified atom stereocenters. The third-order valence-electron chi connectivity index (χ3n) is 3.96. The topological polar surface area (TPSA) is 0 Å². The molecule has 0 radical (unpaired) electrons. The molecule has 0 aromatic rings. The van der Waals surface area contributed by atoms with Crippen LogP contribution >= 0.6 is 0 Å². The average Bonchev–Trinajstić information content (AvgIpc) is 2.33. The largest absolute Gasteiger partial charge is 0.0764 e. The van der Waals surface area contributed by atoms with E-state index in [-0.39, 0.29) is 0 Å². The average molecular weight is 270 g/mol. The minimum atomic E-state index is 0.330. The van der Waals surface area contributed by atoms with Gasteiger partial charge in [0, 0.05) is 0 Å². The van der Waals surface area contributed by atoms with Gasteiger partial charge in [0.15, 0.2) is 0 Å². The third-order valence-corrected chi connectivity index (χ3v) is 3.96. The lowest BCUT2D eigenvalue weighted by Crippen LogP contribution is -2.19. The molecule has 0 atom stereocenters. The van der Waals surface area contributed by atoms with Crippen LogP contribution in [0.15, 0.2) is 58.7 Å². The maximum atomic E-state index is 2.36. The summed E-state index contributed by atoms with van der Waals surface area (Å²) in [7, 11) is 0. The first-order valence-electron chi connectivity index (χ1n) is 7.70. The first-order chi connectivity index (χ1) is 9.33. The van der Waals surface area contributed by atoms with E-state index in [9.17, 15) is 0 Å². The van der Waals surface area contributed by atoms with Gasteiger partial charge in [-0.25, -0.2) is 0 Å². The maximum absolute atomic E-state index is 2.36. The number of rotatable bonds is 4. The van der Waals surface area contributed by atoms with Crippen LogP contribution in [0.2, 0.25) is 0 Å². The van der Waals surface area contributed by atoms with Gasteiger partial charge in [-0.15, -0.1) is 0 Å². The molecule has 20 heavy (non-hydrogen) atoms. The predicted molar refractivity (Wildman–Crippen MR) is 91.8 cm³/mol. The maximum Gasteiger partial charge on any atom is -0.0104 e. The van der Waals surface area contributed by atoms with E-state index in [4.69, 9.17) is 0 Å². The molecule has 0 nitrogen and oxygen atoms in total. The van der Waals surface area contributed by atoms with Crippen LogP contribution in [-0.2, 0) is 0 Å². The number of hydrogen-bond donors (Lipinski definition) is 0. The second kappa shape index (κ2) is 7.47. The third kappa shape index (κ3) is 5.36. The van der Waals surface area contributed by atoms with Crippen LogP contribution in [0.3, 0.4) is 0 Å². The van der Waals surface area contributed by atoms with Crippen LogP contribution < -0.4 is 0 Å². The lowest BCUT2D eigenvalue weighted by Gasteiger charge is -2.32. The Balaban J connectivity index is 2.79. The summed E-state index contributed by atoms with van der Waals surface area (Å²) in [6.45, 7) is 13.4. The molecule has 0 spiro atoms. The summed E-state index contributed by atoms with van der Waals surface area (Å²) >= 11 is 0. The van der Waals surface area contributed by atoms with E-state index in [1.54, 1.807) is 5.57 Å². The fourth-order valence-electron chi connectivity index (χ4n) is 2.74. The lowest BCUT2D eigenvalue weighted by atomic mass is 9.72. The van der Waals surface area contributed by atoms with Crippen LogP contribution in [0.5, 0.6) is 0 Å². The van der Waals surface area contributed by atoms with Gasteiger partial charge in [-0.2, -0.15) is 0 Å². The molecule has 0 aromatic carbocycles. The monoisotopic (exact) mass is 270 g/mol. The van der Waals surface area contributed by atoms with Gasteiger partial charge in [-0.3, -0.25) is 0 Å². The van der Waals surface area contributed by atoms with Crippen LogP contribution in [0.4, 0.5) is 0 Å². The highest BCUT2D eigenvalue weighted by Crippen LogP contribution is 2.40. The summed E-state index contributed by atoms with van der Waals surface area (Å²) < 4.78 is 0. The lowest BCUT2D eigenvalue weighted by molar-refractivity contribution is 0.377. The Kier molecular flexibility index (Phi) is 6.26. The van der Waals surface area contributed by atoms with Gasteiger partial charge in [-0.05, 0) is 57.9 Å². The van der Waals surface area contributed by atoms with Crippen molar-refractivity contribution in [3.8, 4) is 0 Å². The molecule has 110 valence electrons. The van der Waals surface area contributed by atoms with Crippen LogP contribution in [-0.4, -0.2) is 0 Å². The highest BCUT2D eigenvalue weighted by molar-refractivity contribution is 5.36. The quantitative estimate of drug-likeness (QED) is 0.509. The summed E-state index contributed by atoms with van der Waals surface area (Å²) in [6, 6.07) is 0. The molecule has 0 aromatic heterocycles. The minimum Gasteiger partial charge on any atom is -0.0764 e. The van der Waals surface area contributed by atoms with Crippen molar-refractivity contribution >= 4 is 0 Å². The van der Waals surface area contributed by atoms with E-state index < -0.39 is 0 Å². The van der Waals surface area contributed by atoms with Crippen LogP contribution in [0, 0.1) is 5.41 Å².